The standard InChI is InChI=1S/C18H28N2O/c21-15-18(20-13-6-11-19-12-14-20)10-5-4-9-17(18)16-7-2-1-3-8-16/h1-3,7-8,17,19,21H,4-6,9-15H2. The summed E-state index contributed by atoms with van der Waals surface area (Å²) in [6.45, 7) is 4.60. The SMILES string of the molecule is OCC1(N2CCCNCC2)CCCCC1c1ccccc1. The van der Waals surface area contributed by atoms with Gasteiger partial charge in [-0.05, 0) is 31.4 Å². The highest BCUT2D eigenvalue weighted by molar-refractivity contribution is 5.25. The molecule has 1 aliphatic carbocycles. The smallest absolute Gasteiger partial charge is 0.0621 e. The van der Waals surface area contributed by atoms with Crippen LogP contribution in [-0.4, -0.2) is 48.3 Å². The normalized spacial score (nSPS) is 31.8. The molecule has 2 N–H and O–H groups in total. The first-order chi connectivity index (χ1) is 10.4. The third-order valence-electron chi connectivity index (χ3n) is 5.45. The molecule has 2 fully saturated rings. The molecule has 1 heterocycles. The monoisotopic (exact) mass is 288 g/mol. The van der Waals surface area contributed by atoms with E-state index in [0.29, 0.717) is 5.92 Å². The molecule has 1 saturated heterocycles. The largest absolute Gasteiger partial charge is 0.394 e. The molecule has 0 aromatic heterocycles. The van der Waals surface area contributed by atoms with Gasteiger partial charge in [0.25, 0.3) is 0 Å². The van der Waals surface area contributed by atoms with Crippen LogP contribution in [0.5, 0.6) is 0 Å². The Hall–Kier alpha value is -0.900. The fourth-order valence-electron chi connectivity index (χ4n) is 4.34. The van der Waals surface area contributed by atoms with Crippen molar-refractivity contribution < 1.29 is 5.11 Å². The van der Waals surface area contributed by atoms with Crippen LogP contribution in [0.15, 0.2) is 30.3 Å². The maximum atomic E-state index is 10.4. The van der Waals surface area contributed by atoms with E-state index < -0.39 is 0 Å². The molecule has 116 valence electrons. The lowest BCUT2D eigenvalue weighted by atomic mass is 9.68. The van der Waals surface area contributed by atoms with E-state index in [1.807, 2.05) is 0 Å². The van der Waals surface area contributed by atoms with Crippen molar-refractivity contribution in [1.29, 1.82) is 0 Å². The Kier molecular flexibility index (Phi) is 4.94. The summed E-state index contributed by atoms with van der Waals surface area (Å²) in [7, 11) is 0. The molecule has 0 bridgehead atoms. The van der Waals surface area contributed by atoms with Crippen LogP contribution in [0.25, 0.3) is 0 Å². The Balaban J connectivity index is 1.91. The van der Waals surface area contributed by atoms with Crippen LogP contribution in [0.1, 0.15) is 43.6 Å². The summed E-state index contributed by atoms with van der Waals surface area (Å²) in [4.78, 5) is 2.59. The van der Waals surface area contributed by atoms with Gasteiger partial charge in [0.15, 0.2) is 0 Å². The Morgan fingerprint density at radius 1 is 1.10 bits per heavy atom. The van der Waals surface area contributed by atoms with E-state index in [2.05, 4.69) is 40.5 Å². The minimum absolute atomic E-state index is 0.0500. The van der Waals surface area contributed by atoms with E-state index in [4.69, 9.17) is 0 Å². The number of nitrogens with zero attached hydrogens (tertiary/aromatic N) is 1. The Morgan fingerprint density at radius 3 is 2.76 bits per heavy atom. The zero-order valence-electron chi connectivity index (χ0n) is 12.9. The summed E-state index contributed by atoms with van der Waals surface area (Å²) >= 11 is 0. The molecule has 2 atom stereocenters. The molecule has 1 aromatic rings. The topological polar surface area (TPSA) is 35.5 Å². The summed E-state index contributed by atoms with van der Waals surface area (Å²) in [6.07, 6.45) is 6.04. The van der Waals surface area contributed by atoms with Gasteiger partial charge in [0.05, 0.1) is 12.1 Å². The average Bonchev–Trinajstić information content (AvgIpc) is 2.85. The van der Waals surface area contributed by atoms with Crippen molar-refractivity contribution in [1.82, 2.24) is 10.2 Å². The number of hydrogen-bond acceptors (Lipinski definition) is 3. The summed E-state index contributed by atoms with van der Waals surface area (Å²) in [5.74, 6) is 0.468. The fraction of sp³-hybridized carbons (Fsp3) is 0.667. The summed E-state index contributed by atoms with van der Waals surface area (Å²) in [5, 5.41) is 13.8. The van der Waals surface area contributed by atoms with Crippen molar-refractivity contribution in [3.05, 3.63) is 35.9 Å². The summed E-state index contributed by atoms with van der Waals surface area (Å²) in [5.41, 5.74) is 1.36. The van der Waals surface area contributed by atoms with Gasteiger partial charge in [-0.2, -0.15) is 0 Å². The second-order valence-electron chi connectivity index (χ2n) is 6.56. The van der Waals surface area contributed by atoms with Gasteiger partial charge in [0.1, 0.15) is 0 Å². The van der Waals surface area contributed by atoms with Crippen LogP contribution in [0.2, 0.25) is 0 Å². The Labute approximate surface area is 128 Å². The highest BCUT2D eigenvalue weighted by Gasteiger charge is 2.45. The van der Waals surface area contributed by atoms with Crippen LogP contribution < -0.4 is 5.32 Å². The lowest BCUT2D eigenvalue weighted by Gasteiger charge is -2.50. The van der Waals surface area contributed by atoms with Crippen LogP contribution in [0.4, 0.5) is 0 Å². The molecule has 0 radical (unpaired) electrons. The van der Waals surface area contributed by atoms with Gasteiger partial charge in [0.2, 0.25) is 0 Å². The van der Waals surface area contributed by atoms with Gasteiger partial charge < -0.3 is 10.4 Å². The fourth-order valence-corrected chi connectivity index (χ4v) is 4.34. The minimum Gasteiger partial charge on any atom is -0.394 e. The highest BCUT2D eigenvalue weighted by Crippen LogP contribution is 2.44. The van der Waals surface area contributed by atoms with E-state index in [1.54, 1.807) is 0 Å². The predicted octanol–water partition coefficient (Wildman–Crippen LogP) is 2.37. The molecular weight excluding hydrogens is 260 g/mol. The second kappa shape index (κ2) is 6.91. The predicted molar refractivity (Wildman–Crippen MR) is 86.5 cm³/mol. The van der Waals surface area contributed by atoms with Gasteiger partial charge in [-0.15, -0.1) is 0 Å². The quantitative estimate of drug-likeness (QED) is 0.896. The molecule has 1 saturated carbocycles. The first-order valence-corrected chi connectivity index (χ1v) is 8.48. The zero-order valence-corrected chi connectivity index (χ0v) is 12.9. The number of rotatable bonds is 3. The highest BCUT2D eigenvalue weighted by atomic mass is 16.3. The van der Waals surface area contributed by atoms with Crippen molar-refractivity contribution in [2.45, 2.75) is 43.6 Å². The van der Waals surface area contributed by atoms with E-state index in [9.17, 15) is 5.11 Å². The molecule has 0 spiro atoms. The van der Waals surface area contributed by atoms with Crippen LogP contribution >= 0.6 is 0 Å². The second-order valence-corrected chi connectivity index (χ2v) is 6.56. The van der Waals surface area contributed by atoms with Crippen molar-refractivity contribution in [3.8, 4) is 0 Å². The molecule has 2 unspecified atom stereocenters. The zero-order chi connectivity index (χ0) is 14.5. The lowest BCUT2D eigenvalue weighted by molar-refractivity contribution is -0.0124. The molecule has 3 rings (SSSR count). The number of nitrogens with one attached hydrogen (secondary N) is 1. The van der Waals surface area contributed by atoms with E-state index >= 15 is 0 Å². The minimum atomic E-state index is -0.0500. The van der Waals surface area contributed by atoms with E-state index in [-0.39, 0.29) is 12.1 Å². The Morgan fingerprint density at radius 2 is 1.95 bits per heavy atom. The molecule has 1 aromatic carbocycles. The third kappa shape index (κ3) is 3.01. The summed E-state index contributed by atoms with van der Waals surface area (Å²) in [6, 6.07) is 10.8. The average molecular weight is 288 g/mol. The number of benzene rings is 1. The number of aliphatic hydroxyl groups is 1. The molecule has 0 amide bonds. The van der Waals surface area contributed by atoms with Crippen molar-refractivity contribution >= 4 is 0 Å². The molecule has 21 heavy (non-hydrogen) atoms. The first-order valence-electron chi connectivity index (χ1n) is 8.48. The van der Waals surface area contributed by atoms with E-state index in [0.717, 1.165) is 32.6 Å². The van der Waals surface area contributed by atoms with Crippen LogP contribution in [0, 0.1) is 0 Å². The molecule has 3 heteroatoms. The number of hydrogen-bond donors (Lipinski definition) is 2. The Bertz CT molecular complexity index is 428. The summed E-state index contributed by atoms with van der Waals surface area (Å²) < 4.78 is 0. The maximum absolute atomic E-state index is 10.4. The van der Waals surface area contributed by atoms with Crippen LogP contribution in [-0.2, 0) is 0 Å². The van der Waals surface area contributed by atoms with E-state index in [1.165, 1.54) is 31.2 Å². The third-order valence-corrected chi connectivity index (χ3v) is 5.45. The number of aliphatic hydroxyl groups excluding tert-OH is 1. The first kappa shape index (κ1) is 15.0. The van der Waals surface area contributed by atoms with Gasteiger partial charge in [-0.25, -0.2) is 0 Å². The van der Waals surface area contributed by atoms with Gasteiger partial charge in [-0.1, -0.05) is 43.2 Å². The molecule has 1 aliphatic heterocycles. The van der Waals surface area contributed by atoms with Gasteiger partial charge in [0, 0.05) is 25.6 Å². The molecular formula is C18H28N2O. The van der Waals surface area contributed by atoms with Crippen LogP contribution in [0.3, 0.4) is 0 Å². The molecule has 3 nitrogen and oxygen atoms in total. The van der Waals surface area contributed by atoms with Crippen molar-refractivity contribution in [2.75, 3.05) is 32.8 Å². The lowest BCUT2D eigenvalue weighted by Crippen LogP contribution is -2.57. The molecule has 2 aliphatic rings. The maximum Gasteiger partial charge on any atom is 0.0621 e. The van der Waals surface area contributed by atoms with Gasteiger partial charge in [-0.3, -0.25) is 4.90 Å². The van der Waals surface area contributed by atoms with Crippen molar-refractivity contribution in [2.24, 2.45) is 0 Å². The van der Waals surface area contributed by atoms with Crippen molar-refractivity contribution in [3.63, 3.8) is 0 Å². The van der Waals surface area contributed by atoms with Gasteiger partial charge >= 0.3 is 0 Å².